The molecule has 2 rings (SSSR count). The molecule has 1 aromatic heterocycles. The van der Waals surface area contributed by atoms with Crippen LogP contribution < -0.4 is 5.32 Å². The van der Waals surface area contributed by atoms with Crippen LogP contribution in [0.25, 0.3) is 0 Å². The highest BCUT2D eigenvalue weighted by atomic mass is 19.1. The van der Waals surface area contributed by atoms with E-state index in [2.05, 4.69) is 10.3 Å². The van der Waals surface area contributed by atoms with Crippen molar-refractivity contribution in [2.75, 3.05) is 7.05 Å². The molecule has 6 heteroatoms. The van der Waals surface area contributed by atoms with Gasteiger partial charge in [0, 0.05) is 26.2 Å². The molecule has 1 atom stereocenters. The Labute approximate surface area is 104 Å². The number of likely N-dealkylation sites (N-methyl/N-ethyl adjacent to an activating group) is 1. The van der Waals surface area contributed by atoms with Gasteiger partial charge in [-0.3, -0.25) is 19.5 Å². The number of nitrogens with zero attached hydrogens (tertiary/aromatic N) is 2. The molecular formula is C12H14FN3O2. The summed E-state index contributed by atoms with van der Waals surface area (Å²) >= 11 is 0. The van der Waals surface area contributed by atoms with Crippen LogP contribution in [0, 0.1) is 5.82 Å². The predicted octanol–water partition coefficient (Wildman–Crippen LogP) is 0.458. The van der Waals surface area contributed by atoms with Crippen LogP contribution in [-0.4, -0.2) is 34.8 Å². The summed E-state index contributed by atoms with van der Waals surface area (Å²) in [6.07, 6.45) is 3.49. The number of carbonyl (C=O) groups excluding carboxylic acids is 2. The molecule has 96 valence electrons. The fourth-order valence-corrected chi connectivity index (χ4v) is 1.90. The third-order valence-corrected chi connectivity index (χ3v) is 2.96. The topological polar surface area (TPSA) is 62.3 Å². The number of rotatable bonds is 3. The van der Waals surface area contributed by atoms with E-state index < -0.39 is 11.9 Å². The van der Waals surface area contributed by atoms with E-state index in [1.54, 1.807) is 0 Å². The molecular weight excluding hydrogens is 237 g/mol. The zero-order valence-corrected chi connectivity index (χ0v) is 10.0. The molecule has 18 heavy (non-hydrogen) atoms. The van der Waals surface area contributed by atoms with Crippen LogP contribution in [0.5, 0.6) is 0 Å². The van der Waals surface area contributed by atoms with E-state index in [9.17, 15) is 14.0 Å². The van der Waals surface area contributed by atoms with E-state index in [1.807, 2.05) is 0 Å². The van der Waals surface area contributed by atoms with Crippen molar-refractivity contribution in [3.8, 4) is 0 Å². The first kappa shape index (κ1) is 12.6. The summed E-state index contributed by atoms with van der Waals surface area (Å²) < 4.78 is 12.9. The molecule has 0 saturated carbocycles. The Morgan fingerprint density at radius 2 is 2.28 bits per heavy atom. The van der Waals surface area contributed by atoms with Gasteiger partial charge in [0.1, 0.15) is 5.82 Å². The molecule has 1 fully saturated rings. The Hall–Kier alpha value is -1.82. The van der Waals surface area contributed by atoms with Crippen LogP contribution in [-0.2, 0) is 16.1 Å². The fraction of sp³-hybridized carbons (Fsp3) is 0.417. The van der Waals surface area contributed by atoms with Gasteiger partial charge in [0.05, 0.1) is 12.2 Å². The average molecular weight is 251 g/mol. The largest absolute Gasteiger partial charge is 0.302 e. The minimum Gasteiger partial charge on any atom is -0.302 e. The molecule has 1 aliphatic heterocycles. The molecule has 1 aromatic rings. The summed E-state index contributed by atoms with van der Waals surface area (Å²) in [6, 6.07) is 0.971. The number of piperidine rings is 1. The Kier molecular flexibility index (Phi) is 3.66. The van der Waals surface area contributed by atoms with Crippen molar-refractivity contribution in [3.63, 3.8) is 0 Å². The van der Waals surface area contributed by atoms with Crippen molar-refractivity contribution in [1.29, 1.82) is 0 Å². The fourth-order valence-electron chi connectivity index (χ4n) is 1.90. The van der Waals surface area contributed by atoms with Crippen LogP contribution >= 0.6 is 0 Å². The smallest absolute Gasteiger partial charge is 0.246 e. The summed E-state index contributed by atoms with van der Waals surface area (Å²) in [6.45, 7) is 0.350. The lowest BCUT2D eigenvalue weighted by molar-refractivity contribution is -0.148. The minimum absolute atomic E-state index is 0.162. The van der Waals surface area contributed by atoms with Crippen molar-refractivity contribution in [1.82, 2.24) is 15.2 Å². The van der Waals surface area contributed by atoms with Crippen LogP contribution in [0.4, 0.5) is 4.39 Å². The Morgan fingerprint density at radius 3 is 3.00 bits per heavy atom. The van der Waals surface area contributed by atoms with Gasteiger partial charge in [-0.1, -0.05) is 0 Å². The summed E-state index contributed by atoms with van der Waals surface area (Å²) in [4.78, 5) is 27.9. The molecule has 2 heterocycles. The van der Waals surface area contributed by atoms with Gasteiger partial charge in [-0.15, -0.1) is 0 Å². The molecule has 0 aliphatic carbocycles. The highest BCUT2D eigenvalue weighted by Crippen LogP contribution is 2.12. The highest BCUT2D eigenvalue weighted by Gasteiger charge is 2.31. The maximum Gasteiger partial charge on any atom is 0.246 e. The molecule has 2 amide bonds. The van der Waals surface area contributed by atoms with Crippen LogP contribution in [0.3, 0.4) is 0 Å². The lowest BCUT2D eigenvalue weighted by atomic mass is 10.0. The van der Waals surface area contributed by atoms with Crippen LogP contribution in [0.2, 0.25) is 0 Å². The van der Waals surface area contributed by atoms with Crippen molar-refractivity contribution in [3.05, 3.63) is 29.8 Å². The zero-order valence-electron chi connectivity index (χ0n) is 10.0. The highest BCUT2D eigenvalue weighted by molar-refractivity contribution is 6.00. The number of hydrogen-bond acceptors (Lipinski definition) is 4. The molecule has 1 saturated heterocycles. The lowest BCUT2D eigenvalue weighted by Crippen LogP contribution is -2.51. The van der Waals surface area contributed by atoms with E-state index in [-0.39, 0.29) is 11.8 Å². The number of halogens is 1. The second-order valence-electron chi connectivity index (χ2n) is 4.27. The lowest BCUT2D eigenvalue weighted by Gasteiger charge is -2.28. The zero-order chi connectivity index (χ0) is 13.1. The van der Waals surface area contributed by atoms with Crippen LogP contribution in [0.1, 0.15) is 18.4 Å². The maximum absolute atomic E-state index is 12.9. The van der Waals surface area contributed by atoms with E-state index in [0.717, 1.165) is 11.1 Å². The Morgan fingerprint density at radius 1 is 1.50 bits per heavy atom. The van der Waals surface area contributed by atoms with Gasteiger partial charge >= 0.3 is 0 Å². The number of hydrogen-bond donors (Lipinski definition) is 1. The molecule has 0 radical (unpaired) electrons. The summed E-state index contributed by atoms with van der Waals surface area (Å²) in [5.74, 6) is -0.808. The monoisotopic (exact) mass is 251 g/mol. The van der Waals surface area contributed by atoms with E-state index in [4.69, 9.17) is 0 Å². The average Bonchev–Trinajstić information content (AvgIpc) is 2.35. The van der Waals surface area contributed by atoms with Gasteiger partial charge in [-0.2, -0.15) is 0 Å². The molecule has 1 N–H and O–H groups in total. The van der Waals surface area contributed by atoms with Gasteiger partial charge in [0.25, 0.3) is 0 Å². The van der Waals surface area contributed by atoms with Crippen molar-refractivity contribution >= 4 is 11.8 Å². The first-order valence-corrected chi connectivity index (χ1v) is 5.71. The van der Waals surface area contributed by atoms with Crippen molar-refractivity contribution in [2.45, 2.75) is 25.4 Å². The molecule has 0 bridgehead atoms. The Bertz CT molecular complexity index is 478. The molecule has 0 spiro atoms. The van der Waals surface area contributed by atoms with Gasteiger partial charge in [-0.25, -0.2) is 4.39 Å². The normalized spacial score (nSPS) is 20.3. The quantitative estimate of drug-likeness (QED) is 0.793. The number of aromatic nitrogens is 1. The van der Waals surface area contributed by atoms with Gasteiger partial charge in [0.2, 0.25) is 11.8 Å². The Balaban J connectivity index is 1.94. The molecule has 1 aliphatic rings. The first-order valence-electron chi connectivity index (χ1n) is 5.71. The van der Waals surface area contributed by atoms with Gasteiger partial charge in [-0.05, 0) is 18.1 Å². The summed E-state index contributed by atoms with van der Waals surface area (Å²) in [7, 11) is 1.47. The first-order chi connectivity index (χ1) is 8.58. The molecule has 0 aromatic carbocycles. The molecule has 5 nitrogen and oxygen atoms in total. The van der Waals surface area contributed by atoms with E-state index in [0.29, 0.717) is 24.9 Å². The minimum atomic E-state index is -0.406. The van der Waals surface area contributed by atoms with Crippen LogP contribution in [0.15, 0.2) is 18.5 Å². The van der Waals surface area contributed by atoms with Gasteiger partial charge in [0.15, 0.2) is 0 Å². The van der Waals surface area contributed by atoms with E-state index >= 15 is 0 Å². The number of imide groups is 1. The van der Waals surface area contributed by atoms with Crippen molar-refractivity contribution in [2.24, 2.45) is 0 Å². The number of likely N-dealkylation sites (tertiary alicyclic amines) is 1. The number of amides is 2. The second-order valence-corrected chi connectivity index (χ2v) is 4.27. The number of nitrogens with one attached hydrogen (secondary N) is 1. The standard InChI is InChI=1S/C12H14FN3O2/c1-16-11(17)3-2-10(12(16)18)15-6-8-4-9(13)7-14-5-8/h4-5,7,10,15H,2-3,6H2,1H3. The second kappa shape index (κ2) is 5.22. The van der Waals surface area contributed by atoms with Crippen molar-refractivity contribution < 1.29 is 14.0 Å². The maximum atomic E-state index is 12.9. The SMILES string of the molecule is CN1C(=O)CCC(NCc2cncc(F)c2)C1=O. The summed E-state index contributed by atoms with van der Waals surface area (Å²) in [5.41, 5.74) is 0.669. The third kappa shape index (κ3) is 2.70. The third-order valence-electron chi connectivity index (χ3n) is 2.96. The summed E-state index contributed by atoms with van der Waals surface area (Å²) in [5, 5.41) is 3.02. The number of carbonyl (C=O) groups is 2. The van der Waals surface area contributed by atoms with Gasteiger partial charge < -0.3 is 5.32 Å². The molecule has 1 unspecified atom stereocenters. The predicted molar refractivity (Wildman–Crippen MR) is 61.8 cm³/mol. The number of pyridine rings is 1. The van der Waals surface area contributed by atoms with E-state index in [1.165, 1.54) is 19.3 Å².